The van der Waals surface area contributed by atoms with Crippen molar-refractivity contribution in [1.29, 1.82) is 0 Å². The maximum absolute atomic E-state index is 13.8. The Balaban J connectivity index is 1.53. The van der Waals surface area contributed by atoms with Crippen molar-refractivity contribution in [3.05, 3.63) is 42.5 Å². The highest BCUT2D eigenvalue weighted by Gasteiger charge is 2.76. The Morgan fingerprint density at radius 1 is 1.29 bits per heavy atom. The third-order valence-corrected chi connectivity index (χ3v) is 10.5. The summed E-state index contributed by atoms with van der Waals surface area (Å²) in [5, 5.41) is 14.9. The second-order valence-corrected chi connectivity index (χ2v) is 12.0. The quantitative estimate of drug-likeness (QED) is 0.426. The van der Waals surface area contributed by atoms with Crippen LogP contribution in [0, 0.1) is 11.8 Å². The molecule has 7 atom stereocenters. The number of nitrogens with zero attached hydrogens (tertiary/aromatic N) is 1. The molecule has 2 amide bonds. The number of aliphatic hydroxyl groups excluding tert-OH is 1. The lowest BCUT2D eigenvalue weighted by Crippen LogP contribution is -2.54. The van der Waals surface area contributed by atoms with Crippen molar-refractivity contribution >= 4 is 61.9 Å². The molecule has 0 aromatic heterocycles. The maximum Gasteiger partial charge on any atom is 0.310 e. The Kier molecular flexibility index (Phi) is 6.14. The number of thioether (sulfide) groups is 1. The summed E-state index contributed by atoms with van der Waals surface area (Å²) in [5.74, 6) is -2.23. The van der Waals surface area contributed by atoms with Crippen LogP contribution in [0.2, 0.25) is 0 Å². The third-order valence-electron chi connectivity index (χ3n) is 7.29. The third kappa shape index (κ3) is 3.46. The van der Waals surface area contributed by atoms with Crippen LogP contribution >= 0.6 is 27.7 Å². The van der Waals surface area contributed by atoms with E-state index in [1.807, 2.05) is 42.5 Å². The van der Waals surface area contributed by atoms with Gasteiger partial charge in [0.25, 0.3) is 0 Å². The minimum atomic E-state index is -0.812. The van der Waals surface area contributed by atoms with Gasteiger partial charge in [-0.25, -0.2) is 0 Å². The lowest BCUT2D eigenvalue weighted by molar-refractivity contribution is -0.154. The highest BCUT2D eigenvalue weighted by atomic mass is 79.9. The zero-order valence-electron chi connectivity index (χ0n) is 18.9. The van der Waals surface area contributed by atoms with Gasteiger partial charge < -0.3 is 20.1 Å². The van der Waals surface area contributed by atoms with Crippen LogP contribution < -0.4 is 5.32 Å². The summed E-state index contributed by atoms with van der Waals surface area (Å²) < 4.78 is 4.57. The van der Waals surface area contributed by atoms with Crippen molar-refractivity contribution in [2.45, 2.75) is 47.2 Å². The number of halogens is 1. The number of aliphatic hydroxyl groups is 1. The Morgan fingerprint density at radius 3 is 2.74 bits per heavy atom. The molecule has 7 nitrogen and oxygen atoms in total. The van der Waals surface area contributed by atoms with E-state index >= 15 is 0 Å². The number of benzene rings is 2. The lowest BCUT2D eigenvalue weighted by Gasteiger charge is -2.36. The van der Waals surface area contributed by atoms with Crippen LogP contribution in [-0.2, 0) is 19.1 Å². The van der Waals surface area contributed by atoms with Crippen molar-refractivity contribution in [3.63, 3.8) is 0 Å². The van der Waals surface area contributed by atoms with Crippen LogP contribution in [0.4, 0.5) is 5.69 Å². The fourth-order valence-corrected chi connectivity index (χ4v) is 9.50. The number of rotatable bonds is 6. The summed E-state index contributed by atoms with van der Waals surface area (Å²) in [5.41, 5.74) is 0.641. The summed E-state index contributed by atoms with van der Waals surface area (Å²) in [4.78, 5) is 42.0. The molecule has 180 valence electrons. The van der Waals surface area contributed by atoms with Crippen molar-refractivity contribution in [2.75, 3.05) is 18.5 Å². The molecule has 34 heavy (non-hydrogen) atoms. The number of hydrogen-bond acceptors (Lipinski definition) is 6. The van der Waals surface area contributed by atoms with E-state index in [-0.39, 0.29) is 35.1 Å². The fourth-order valence-electron chi connectivity index (χ4n) is 5.91. The van der Waals surface area contributed by atoms with Crippen LogP contribution in [0.1, 0.15) is 20.3 Å². The van der Waals surface area contributed by atoms with E-state index in [1.54, 1.807) is 25.6 Å². The number of anilines is 1. The van der Waals surface area contributed by atoms with E-state index in [9.17, 15) is 19.5 Å². The van der Waals surface area contributed by atoms with E-state index in [1.165, 1.54) is 4.90 Å². The molecule has 3 aliphatic heterocycles. The number of carbonyl (C=O) groups excluding carboxylic acids is 3. The van der Waals surface area contributed by atoms with Gasteiger partial charge in [0, 0.05) is 15.8 Å². The molecule has 0 radical (unpaired) electrons. The van der Waals surface area contributed by atoms with Gasteiger partial charge in [0.1, 0.15) is 6.04 Å². The lowest BCUT2D eigenvalue weighted by atomic mass is 9.71. The minimum Gasteiger partial charge on any atom is -0.466 e. The number of nitrogens with one attached hydrogen (secondary N) is 1. The Morgan fingerprint density at radius 2 is 2.03 bits per heavy atom. The summed E-state index contributed by atoms with van der Waals surface area (Å²) in [6, 6.07) is 12.2. The topological polar surface area (TPSA) is 95.9 Å². The second-order valence-electron chi connectivity index (χ2n) is 9.24. The number of ether oxygens (including phenoxy) is 1. The first-order chi connectivity index (χ1) is 16.3. The average molecular weight is 547 g/mol. The number of carbonyl (C=O) groups is 3. The monoisotopic (exact) mass is 546 g/mol. The normalized spacial score (nSPS) is 32.6. The van der Waals surface area contributed by atoms with Crippen molar-refractivity contribution < 1.29 is 24.2 Å². The highest BCUT2D eigenvalue weighted by Crippen LogP contribution is 2.68. The number of likely N-dealkylation sites (tertiary alicyclic amines) is 1. The van der Waals surface area contributed by atoms with Crippen molar-refractivity contribution in [1.82, 2.24) is 4.90 Å². The molecular formula is C25H27BrN2O5S. The number of alkyl halides is 1. The molecule has 0 aliphatic carbocycles. The second kappa shape index (κ2) is 8.84. The molecule has 2 N–H and O–H groups in total. The molecule has 0 saturated carbocycles. The molecule has 3 aliphatic rings. The van der Waals surface area contributed by atoms with E-state index in [4.69, 9.17) is 4.74 Å². The van der Waals surface area contributed by atoms with Crippen LogP contribution in [0.25, 0.3) is 10.8 Å². The van der Waals surface area contributed by atoms with Gasteiger partial charge in [0.05, 0.1) is 35.8 Å². The number of esters is 1. The first-order valence-corrected chi connectivity index (χ1v) is 13.3. The first-order valence-electron chi connectivity index (χ1n) is 11.5. The Bertz CT molecular complexity index is 1160. The van der Waals surface area contributed by atoms with Gasteiger partial charge in [0.2, 0.25) is 11.8 Å². The molecule has 5 rings (SSSR count). The van der Waals surface area contributed by atoms with Gasteiger partial charge in [-0.15, -0.1) is 11.8 Å². The molecular weight excluding hydrogens is 520 g/mol. The molecule has 2 aromatic rings. The van der Waals surface area contributed by atoms with Crippen LogP contribution in [0.5, 0.6) is 0 Å². The summed E-state index contributed by atoms with van der Waals surface area (Å²) in [6.45, 7) is 3.43. The van der Waals surface area contributed by atoms with Crippen LogP contribution in [0.15, 0.2) is 42.5 Å². The summed E-state index contributed by atoms with van der Waals surface area (Å²) in [7, 11) is 0. The number of hydrogen-bond donors (Lipinski definition) is 2. The molecule has 9 heteroatoms. The molecule has 2 bridgehead atoms. The molecule has 3 saturated heterocycles. The average Bonchev–Trinajstić information content (AvgIpc) is 3.42. The van der Waals surface area contributed by atoms with Gasteiger partial charge >= 0.3 is 5.97 Å². The van der Waals surface area contributed by atoms with E-state index in [2.05, 4.69) is 21.2 Å². The van der Waals surface area contributed by atoms with Crippen LogP contribution in [-0.4, -0.2) is 67.9 Å². The molecule has 1 spiro atoms. The first kappa shape index (κ1) is 23.6. The molecule has 2 aromatic carbocycles. The van der Waals surface area contributed by atoms with Crippen molar-refractivity contribution in [3.8, 4) is 0 Å². The van der Waals surface area contributed by atoms with Gasteiger partial charge in [0.15, 0.2) is 0 Å². The minimum absolute atomic E-state index is 0.0173. The Hall–Kier alpha value is -2.10. The predicted octanol–water partition coefficient (Wildman–Crippen LogP) is 3.19. The molecule has 3 unspecified atom stereocenters. The zero-order chi connectivity index (χ0) is 24.2. The van der Waals surface area contributed by atoms with E-state index in [0.717, 1.165) is 10.8 Å². The van der Waals surface area contributed by atoms with Gasteiger partial charge in [-0.3, -0.25) is 14.4 Å². The standard InChI is InChI=1S/C25H27BrN2O5S/c1-3-33-24(32)18-19-23(31)28(13(2)12-29)21(25(19)11-17(26)20(18)34-25)22(30)27-16-9-8-14-6-4-5-7-15(14)10-16/h4-10,13,17-21,29H,3,11-12H2,1-2H3,(H,27,30)/t13-,17?,18+,19+,20+,21?,25?/m1/s1. The highest BCUT2D eigenvalue weighted by molar-refractivity contribution is 9.09. The van der Waals surface area contributed by atoms with E-state index < -0.39 is 34.6 Å². The largest absolute Gasteiger partial charge is 0.466 e. The van der Waals surface area contributed by atoms with Gasteiger partial charge in [-0.05, 0) is 43.2 Å². The molecule has 3 heterocycles. The van der Waals surface area contributed by atoms with Gasteiger partial charge in [-0.2, -0.15) is 0 Å². The fraction of sp³-hybridized carbons (Fsp3) is 0.480. The number of amides is 2. The van der Waals surface area contributed by atoms with Crippen LogP contribution in [0.3, 0.4) is 0 Å². The smallest absolute Gasteiger partial charge is 0.310 e. The molecule has 3 fully saturated rings. The maximum atomic E-state index is 13.8. The summed E-state index contributed by atoms with van der Waals surface area (Å²) >= 11 is 5.26. The number of fused-ring (bicyclic) bond motifs is 2. The zero-order valence-corrected chi connectivity index (χ0v) is 21.3. The van der Waals surface area contributed by atoms with E-state index in [0.29, 0.717) is 12.1 Å². The van der Waals surface area contributed by atoms with Crippen molar-refractivity contribution in [2.24, 2.45) is 11.8 Å². The SMILES string of the molecule is CCOC(=O)[C@H]1[C@H]2C(=O)N([C@H](C)CO)C(C(=O)Nc3ccc4ccccc4c3)C23CC(Br)[C@@H]1S3. The predicted molar refractivity (Wildman–Crippen MR) is 135 cm³/mol. The summed E-state index contributed by atoms with van der Waals surface area (Å²) in [6.07, 6.45) is 0.582. The Labute approximate surface area is 210 Å². The van der Waals surface area contributed by atoms with Gasteiger partial charge in [-0.1, -0.05) is 46.3 Å².